The normalized spacial score (nSPS) is 30.3. The standard InChI is InChI=1S/C9H12O3/c10-6-3-4-7(11)9(6)8-2-1-5-12-8/h8,10H,1-5H2. The molecular weight excluding hydrogens is 156 g/mol. The second kappa shape index (κ2) is 2.90. The van der Waals surface area contributed by atoms with Gasteiger partial charge in [0.2, 0.25) is 0 Å². The van der Waals surface area contributed by atoms with Gasteiger partial charge in [0.1, 0.15) is 5.76 Å². The van der Waals surface area contributed by atoms with Gasteiger partial charge < -0.3 is 9.84 Å². The predicted molar refractivity (Wildman–Crippen MR) is 42.9 cm³/mol. The van der Waals surface area contributed by atoms with Gasteiger partial charge in [-0.15, -0.1) is 0 Å². The Kier molecular flexibility index (Phi) is 1.89. The molecule has 1 N–H and O–H groups in total. The van der Waals surface area contributed by atoms with Crippen LogP contribution in [-0.2, 0) is 9.53 Å². The van der Waals surface area contributed by atoms with E-state index in [9.17, 15) is 9.90 Å². The zero-order chi connectivity index (χ0) is 8.55. The maximum atomic E-state index is 11.3. The molecule has 12 heavy (non-hydrogen) atoms. The fourth-order valence-electron chi connectivity index (χ4n) is 1.83. The number of rotatable bonds is 1. The lowest BCUT2D eigenvalue weighted by atomic mass is 10.1. The Balaban J connectivity index is 2.19. The number of allylic oxidation sites excluding steroid dienone is 1. The van der Waals surface area contributed by atoms with Gasteiger partial charge in [0.25, 0.3) is 0 Å². The molecule has 1 aliphatic heterocycles. The molecule has 0 spiro atoms. The van der Waals surface area contributed by atoms with E-state index in [0.717, 1.165) is 12.8 Å². The summed E-state index contributed by atoms with van der Waals surface area (Å²) in [4.78, 5) is 11.3. The van der Waals surface area contributed by atoms with Gasteiger partial charge in [0.15, 0.2) is 5.78 Å². The highest BCUT2D eigenvalue weighted by Crippen LogP contribution is 2.29. The van der Waals surface area contributed by atoms with Crippen LogP contribution in [0, 0.1) is 0 Å². The molecule has 0 saturated carbocycles. The predicted octanol–water partition coefficient (Wildman–Crippen LogP) is 1.34. The number of Topliss-reactive ketones (excluding diaryl/α,β-unsaturated/α-hetero) is 1. The van der Waals surface area contributed by atoms with Gasteiger partial charge in [-0.1, -0.05) is 0 Å². The zero-order valence-corrected chi connectivity index (χ0v) is 6.88. The third-order valence-electron chi connectivity index (χ3n) is 2.45. The summed E-state index contributed by atoms with van der Waals surface area (Å²) in [5.74, 6) is 0.325. The van der Waals surface area contributed by atoms with Crippen LogP contribution in [0.2, 0.25) is 0 Å². The molecule has 0 bridgehead atoms. The monoisotopic (exact) mass is 168 g/mol. The van der Waals surface area contributed by atoms with Crippen LogP contribution >= 0.6 is 0 Å². The van der Waals surface area contributed by atoms with Gasteiger partial charge in [-0.3, -0.25) is 4.79 Å². The maximum Gasteiger partial charge on any atom is 0.165 e. The molecule has 3 nitrogen and oxygen atoms in total. The number of hydrogen-bond acceptors (Lipinski definition) is 3. The van der Waals surface area contributed by atoms with Crippen molar-refractivity contribution in [2.45, 2.75) is 31.8 Å². The van der Waals surface area contributed by atoms with E-state index in [1.165, 1.54) is 0 Å². The number of aliphatic hydroxyl groups is 1. The van der Waals surface area contributed by atoms with E-state index in [0.29, 0.717) is 25.0 Å². The van der Waals surface area contributed by atoms with Gasteiger partial charge in [0.05, 0.1) is 11.7 Å². The quantitative estimate of drug-likeness (QED) is 0.642. The molecule has 66 valence electrons. The second-order valence-corrected chi connectivity index (χ2v) is 3.29. The number of ether oxygens (including phenoxy) is 1. The van der Waals surface area contributed by atoms with Crippen LogP contribution in [0.15, 0.2) is 11.3 Å². The molecule has 1 unspecified atom stereocenters. The van der Waals surface area contributed by atoms with E-state index in [2.05, 4.69) is 0 Å². The van der Waals surface area contributed by atoms with Crippen LogP contribution < -0.4 is 0 Å². The molecule has 2 aliphatic rings. The summed E-state index contributed by atoms with van der Waals surface area (Å²) >= 11 is 0. The topological polar surface area (TPSA) is 46.5 Å². The molecule has 1 atom stereocenters. The minimum absolute atomic E-state index is 0.0689. The van der Waals surface area contributed by atoms with Crippen molar-refractivity contribution in [2.75, 3.05) is 6.61 Å². The average molecular weight is 168 g/mol. The van der Waals surface area contributed by atoms with Gasteiger partial charge in [-0.2, -0.15) is 0 Å². The average Bonchev–Trinajstić information content (AvgIpc) is 2.61. The smallest absolute Gasteiger partial charge is 0.165 e. The Hall–Kier alpha value is -0.830. The van der Waals surface area contributed by atoms with Crippen molar-refractivity contribution < 1.29 is 14.6 Å². The molecule has 0 aromatic carbocycles. The fraction of sp³-hybridized carbons (Fsp3) is 0.667. The molecule has 0 amide bonds. The highest BCUT2D eigenvalue weighted by atomic mass is 16.5. The molecule has 1 heterocycles. The van der Waals surface area contributed by atoms with Crippen LogP contribution in [0.5, 0.6) is 0 Å². The van der Waals surface area contributed by atoms with Crippen LogP contribution in [-0.4, -0.2) is 23.6 Å². The Labute approximate surface area is 71.0 Å². The van der Waals surface area contributed by atoms with E-state index >= 15 is 0 Å². The van der Waals surface area contributed by atoms with E-state index in [1.807, 2.05) is 0 Å². The third-order valence-corrected chi connectivity index (χ3v) is 2.45. The highest BCUT2D eigenvalue weighted by Gasteiger charge is 2.32. The number of aliphatic hydroxyl groups excluding tert-OH is 1. The summed E-state index contributed by atoms with van der Waals surface area (Å²) in [6.45, 7) is 0.717. The highest BCUT2D eigenvalue weighted by molar-refractivity contribution is 5.99. The minimum atomic E-state index is -0.111. The molecular formula is C9H12O3. The summed E-state index contributed by atoms with van der Waals surface area (Å²) in [7, 11) is 0. The zero-order valence-electron chi connectivity index (χ0n) is 6.88. The van der Waals surface area contributed by atoms with Crippen molar-refractivity contribution >= 4 is 5.78 Å². The Bertz CT molecular complexity index is 236. The van der Waals surface area contributed by atoms with Crippen molar-refractivity contribution in [2.24, 2.45) is 0 Å². The SMILES string of the molecule is O=C1CCC(O)=C1C1CCCO1. The molecule has 3 heteroatoms. The maximum absolute atomic E-state index is 11.3. The van der Waals surface area contributed by atoms with E-state index in [1.54, 1.807) is 0 Å². The molecule has 1 aliphatic carbocycles. The summed E-state index contributed by atoms with van der Waals surface area (Å²) in [5.41, 5.74) is 0.549. The first-order valence-electron chi connectivity index (χ1n) is 4.36. The Morgan fingerprint density at radius 3 is 2.75 bits per heavy atom. The van der Waals surface area contributed by atoms with Crippen molar-refractivity contribution in [1.82, 2.24) is 0 Å². The van der Waals surface area contributed by atoms with Gasteiger partial charge in [0, 0.05) is 19.4 Å². The van der Waals surface area contributed by atoms with Crippen LogP contribution in [0.4, 0.5) is 0 Å². The summed E-state index contributed by atoms with van der Waals surface area (Å²) in [5, 5.41) is 9.40. The first-order valence-corrected chi connectivity index (χ1v) is 4.36. The van der Waals surface area contributed by atoms with Gasteiger partial charge >= 0.3 is 0 Å². The van der Waals surface area contributed by atoms with E-state index in [4.69, 9.17) is 4.74 Å². The fourth-order valence-corrected chi connectivity index (χ4v) is 1.83. The minimum Gasteiger partial charge on any atom is -0.512 e. The summed E-state index contributed by atoms with van der Waals surface area (Å²) < 4.78 is 5.34. The lowest BCUT2D eigenvalue weighted by molar-refractivity contribution is -0.115. The van der Waals surface area contributed by atoms with Crippen molar-refractivity contribution in [3.63, 3.8) is 0 Å². The number of hydrogen-bond donors (Lipinski definition) is 1. The van der Waals surface area contributed by atoms with Crippen molar-refractivity contribution in [3.8, 4) is 0 Å². The van der Waals surface area contributed by atoms with Crippen LogP contribution in [0.1, 0.15) is 25.7 Å². The number of carbonyl (C=O) groups is 1. The molecule has 1 saturated heterocycles. The Morgan fingerprint density at radius 2 is 2.25 bits per heavy atom. The van der Waals surface area contributed by atoms with Gasteiger partial charge in [-0.25, -0.2) is 0 Å². The summed E-state index contributed by atoms with van der Waals surface area (Å²) in [6, 6.07) is 0. The molecule has 2 rings (SSSR count). The Morgan fingerprint density at radius 1 is 1.42 bits per heavy atom. The van der Waals surface area contributed by atoms with Gasteiger partial charge in [-0.05, 0) is 12.8 Å². The first kappa shape index (κ1) is 7.80. The molecule has 1 fully saturated rings. The van der Waals surface area contributed by atoms with Crippen LogP contribution in [0.3, 0.4) is 0 Å². The number of ketones is 1. The number of carbonyl (C=O) groups excluding carboxylic acids is 1. The first-order chi connectivity index (χ1) is 5.79. The molecule has 0 aromatic heterocycles. The molecule has 0 radical (unpaired) electrons. The largest absolute Gasteiger partial charge is 0.512 e. The van der Waals surface area contributed by atoms with E-state index < -0.39 is 0 Å². The second-order valence-electron chi connectivity index (χ2n) is 3.29. The summed E-state index contributed by atoms with van der Waals surface area (Å²) in [6.07, 6.45) is 2.73. The lowest BCUT2D eigenvalue weighted by Gasteiger charge is -2.09. The van der Waals surface area contributed by atoms with Crippen molar-refractivity contribution in [1.29, 1.82) is 0 Å². The van der Waals surface area contributed by atoms with Crippen molar-refractivity contribution in [3.05, 3.63) is 11.3 Å². The molecule has 0 aromatic rings. The van der Waals surface area contributed by atoms with Crippen LogP contribution in [0.25, 0.3) is 0 Å². The van der Waals surface area contributed by atoms with E-state index in [-0.39, 0.29) is 17.6 Å². The third kappa shape index (κ3) is 1.14. The lowest BCUT2D eigenvalue weighted by Crippen LogP contribution is -2.15.